The van der Waals surface area contributed by atoms with Crippen molar-refractivity contribution in [1.82, 2.24) is 24.7 Å². The van der Waals surface area contributed by atoms with Gasteiger partial charge in [-0.1, -0.05) is 0 Å². The monoisotopic (exact) mass is 246 g/mol. The van der Waals surface area contributed by atoms with Crippen LogP contribution in [0, 0.1) is 0 Å². The number of hydrogen-bond donors (Lipinski definition) is 0. The van der Waals surface area contributed by atoms with Crippen LogP contribution in [0.5, 0.6) is 0 Å². The Morgan fingerprint density at radius 2 is 1.89 bits per heavy atom. The van der Waals surface area contributed by atoms with Crippen molar-refractivity contribution in [3.63, 3.8) is 0 Å². The molecule has 0 bridgehead atoms. The quantitative estimate of drug-likeness (QED) is 0.749. The summed E-state index contributed by atoms with van der Waals surface area (Å²) in [6.45, 7) is 3.15. The van der Waals surface area contributed by atoms with Gasteiger partial charge in [-0.05, 0) is 0 Å². The predicted octanol–water partition coefficient (Wildman–Crippen LogP) is 0.109. The van der Waals surface area contributed by atoms with Gasteiger partial charge in [0.15, 0.2) is 5.82 Å². The van der Waals surface area contributed by atoms with Crippen LogP contribution in [0.1, 0.15) is 0 Å². The fourth-order valence-electron chi connectivity index (χ4n) is 1.95. The van der Waals surface area contributed by atoms with Crippen LogP contribution in [0.15, 0.2) is 18.7 Å². The van der Waals surface area contributed by atoms with E-state index in [0.29, 0.717) is 5.82 Å². The molecule has 1 aliphatic rings. The highest BCUT2D eigenvalue weighted by molar-refractivity contribution is 5.53. The number of hydrogen-bond acceptors (Lipinski definition) is 6. The summed E-state index contributed by atoms with van der Waals surface area (Å²) in [4.78, 5) is 14.7. The Kier molecular flexibility index (Phi) is 2.89. The second kappa shape index (κ2) is 4.69. The minimum atomic E-state index is 0.652. The summed E-state index contributed by atoms with van der Waals surface area (Å²) < 4.78 is 7.12. The normalized spacial score (nSPS) is 15.9. The van der Waals surface area contributed by atoms with Crippen LogP contribution in [0.3, 0.4) is 0 Å². The van der Waals surface area contributed by atoms with Crippen molar-refractivity contribution >= 4 is 5.95 Å². The Balaban J connectivity index is 1.91. The average Bonchev–Trinajstić information content (AvgIpc) is 2.83. The Labute approximate surface area is 104 Å². The van der Waals surface area contributed by atoms with Crippen molar-refractivity contribution < 1.29 is 4.74 Å². The maximum Gasteiger partial charge on any atom is 0.224 e. The summed E-state index contributed by atoms with van der Waals surface area (Å²) in [5.74, 6) is 1.51. The third kappa shape index (κ3) is 2.04. The highest BCUT2D eigenvalue weighted by Crippen LogP contribution is 2.18. The van der Waals surface area contributed by atoms with E-state index in [1.54, 1.807) is 17.1 Å². The summed E-state index contributed by atoms with van der Waals surface area (Å²) in [6, 6.07) is 0. The van der Waals surface area contributed by atoms with E-state index in [2.05, 4.69) is 25.0 Å². The lowest BCUT2D eigenvalue weighted by atomic mass is 10.3. The van der Waals surface area contributed by atoms with Crippen LogP contribution in [-0.4, -0.2) is 51.0 Å². The zero-order chi connectivity index (χ0) is 12.4. The van der Waals surface area contributed by atoms with Gasteiger partial charge in [0.05, 0.1) is 18.8 Å². The molecule has 7 nitrogen and oxygen atoms in total. The molecule has 7 heteroatoms. The van der Waals surface area contributed by atoms with Gasteiger partial charge in [-0.3, -0.25) is 0 Å². The smallest absolute Gasteiger partial charge is 0.224 e. The van der Waals surface area contributed by atoms with E-state index < -0.39 is 0 Å². The fraction of sp³-hybridized carbons (Fsp3) is 0.455. The van der Waals surface area contributed by atoms with Crippen molar-refractivity contribution in [3.05, 3.63) is 18.7 Å². The molecule has 0 N–H and O–H groups in total. The van der Waals surface area contributed by atoms with E-state index in [1.165, 1.54) is 6.33 Å². The SMILES string of the molecule is Cn1nc(-c2cncnc2)nc1N1CCOCC1. The molecule has 0 radical (unpaired) electrons. The summed E-state index contributed by atoms with van der Waals surface area (Å²) in [6.07, 6.45) is 4.92. The molecular formula is C11H14N6O. The van der Waals surface area contributed by atoms with Crippen LogP contribution in [-0.2, 0) is 11.8 Å². The molecule has 3 rings (SSSR count). The predicted molar refractivity (Wildman–Crippen MR) is 65.1 cm³/mol. The lowest BCUT2D eigenvalue weighted by molar-refractivity contribution is 0.121. The molecule has 1 aliphatic heterocycles. The second-order valence-electron chi connectivity index (χ2n) is 4.09. The lowest BCUT2D eigenvalue weighted by Gasteiger charge is -2.26. The summed E-state index contributed by atoms with van der Waals surface area (Å²) in [7, 11) is 1.89. The highest BCUT2D eigenvalue weighted by atomic mass is 16.5. The topological polar surface area (TPSA) is 69.0 Å². The van der Waals surface area contributed by atoms with Crippen molar-refractivity contribution in [3.8, 4) is 11.4 Å². The number of rotatable bonds is 2. The number of anilines is 1. The van der Waals surface area contributed by atoms with Crippen LogP contribution in [0.2, 0.25) is 0 Å². The first-order valence-corrected chi connectivity index (χ1v) is 5.84. The molecule has 0 aromatic carbocycles. The minimum Gasteiger partial charge on any atom is -0.378 e. The molecule has 0 saturated carbocycles. The molecule has 0 aliphatic carbocycles. The van der Waals surface area contributed by atoms with Gasteiger partial charge in [-0.15, -0.1) is 5.10 Å². The molecule has 1 fully saturated rings. The Hall–Kier alpha value is -2.02. The molecule has 1 saturated heterocycles. The highest BCUT2D eigenvalue weighted by Gasteiger charge is 2.18. The van der Waals surface area contributed by atoms with Gasteiger partial charge < -0.3 is 9.64 Å². The van der Waals surface area contributed by atoms with Crippen molar-refractivity contribution in [2.24, 2.45) is 7.05 Å². The number of nitrogens with zero attached hydrogens (tertiary/aromatic N) is 6. The molecule has 18 heavy (non-hydrogen) atoms. The zero-order valence-electron chi connectivity index (χ0n) is 10.2. The Bertz CT molecular complexity index is 520. The van der Waals surface area contributed by atoms with Gasteiger partial charge in [0.25, 0.3) is 0 Å². The van der Waals surface area contributed by atoms with E-state index in [0.717, 1.165) is 37.8 Å². The summed E-state index contributed by atoms with van der Waals surface area (Å²) >= 11 is 0. The molecule has 3 heterocycles. The third-order valence-electron chi connectivity index (χ3n) is 2.85. The van der Waals surface area contributed by atoms with Gasteiger partial charge >= 0.3 is 0 Å². The Morgan fingerprint density at radius 1 is 1.17 bits per heavy atom. The van der Waals surface area contributed by atoms with Crippen molar-refractivity contribution in [2.45, 2.75) is 0 Å². The molecular weight excluding hydrogens is 232 g/mol. The summed E-state index contributed by atoms with van der Waals surface area (Å²) in [5.41, 5.74) is 0.826. The third-order valence-corrected chi connectivity index (χ3v) is 2.85. The molecule has 2 aromatic rings. The number of morpholine rings is 1. The van der Waals surface area contributed by atoms with E-state index in [-0.39, 0.29) is 0 Å². The van der Waals surface area contributed by atoms with Crippen LogP contribution in [0.25, 0.3) is 11.4 Å². The number of ether oxygens (including phenoxy) is 1. The maximum absolute atomic E-state index is 5.33. The number of aryl methyl sites for hydroxylation is 1. The van der Waals surface area contributed by atoms with E-state index in [1.807, 2.05) is 7.05 Å². The summed E-state index contributed by atoms with van der Waals surface area (Å²) in [5, 5.41) is 4.40. The largest absolute Gasteiger partial charge is 0.378 e. The van der Waals surface area contributed by atoms with Gasteiger partial charge in [-0.2, -0.15) is 4.98 Å². The van der Waals surface area contributed by atoms with E-state index in [4.69, 9.17) is 4.74 Å². The standard InChI is InChI=1S/C11H14N6O/c1-16-11(17-2-4-18-5-3-17)14-10(15-16)9-6-12-8-13-7-9/h6-8H,2-5H2,1H3. The molecule has 2 aromatic heterocycles. The second-order valence-corrected chi connectivity index (χ2v) is 4.09. The van der Waals surface area contributed by atoms with Crippen molar-refractivity contribution in [1.29, 1.82) is 0 Å². The van der Waals surface area contributed by atoms with Gasteiger partial charge in [0.1, 0.15) is 6.33 Å². The molecule has 0 spiro atoms. The fourth-order valence-corrected chi connectivity index (χ4v) is 1.95. The number of aromatic nitrogens is 5. The van der Waals surface area contributed by atoms with Gasteiger partial charge in [0.2, 0.25) is 5.95 Å². The average molecular weight is 246 g/mol. The van der Waals surface area contributed by atoms with Crippen molar-refractivity contribution in [2.75, 3.05) is 31.2 Å². The molecule has 0 unspecified atom stereocenters. The molecule has 94 valence electrons. The Morgan fingerprint density at radius 3 is 2.61 bits per heavy atom. The van der Waals surface area contributed by atoms with E-state index >= 15 is 0 Å². The van der Waals surface area contributed by atoms with Gasteiger partial charge in [0, 0.05) is 32.5 Å². The van der Waals surface area contributed by atoms with Crippen LogP contribution in [0.4, 0.5) is 5.95 Å². The first-order chi connectivity index (χ1) is 8.84. The zero-order valence-corrected chi connectivity index (χ0v) is 10.2. The van der Waals surface area contributed by atoms with Gasteiger partial charge in [-0.25, -0.2) is 14.6 Å². The molecule has 0 atom stereocenters. The molecule has 0 amide bonds. The first-order valence-electron chi connectivity index (χ1n) is 5.84. The van der Waals surface area contributed by atoms with E-state index in [9.17, 15) is 0 Å². The minimum absolute atomic E-state index is 0.652. The van der Waals surface area contributed by atoms with Crippen LogP contribution >= 0.6 is 0 Å². The van der Waals surface area contributed by atoms with Crippen LogP contribution < -0.4 is 4.90 Å². The first kappa shape index (κ1) is 11.1. The maximum atomic E-state index is 5.33. The lowest BCUT2D eigenvalue weighted by Crippen LogP contribution is -2.37.